The third kappa shape index (κ3) is 5.47. The lowest BCUT2D eigenvalue weighted by atomic mass is 10.2. The molecule has 1 atom stereocenters. The molecule has 1 fully saturated rings. The molecule has 6 nitrogen and oxygen atoms in total. The van der Waals surface area contributed by atoms with E-state index in [4.69, 9.17) is 11.6 Å². The van der Waals surface area contributed by atoms with Gasteiger partial charge in [0, 0.05) is 32.2 Å². The summed E-state index contributed by atoms with van der Waals surface area (Å²) in [6.07, 6.45) is 1.09. The molecular weight excluding hydrogens is 328 g/mol. The molecule has 0 aromatic heterocycles. The Morgan fingerprint density at radius 1 is 1.25 bits per heavy atom. The van der Waals surface area contributed by atoms with Crippen LogP contribution in [0.1, 0.15) is 16.8 Å². The number of benzene rings is 1. The largest absolute Gasteiger partial charge is 0.353 e. The highest BCUT2D eigenvalue weighted by Crippen LogP contribution is 2.14. The van der Waals surface area contributed by atoms with Crippen LogP contribution < -0.4 is 10.6 Å². The summed E-state index contributed by atoms with van der Waals surface area (Å²) in [4.78, 5) is 28.3. The number of hydrogen-bond donors (Lipinski definition) is 2. The van der Waals surface area contributed by atoms with Crippen molar-refractivity contribution in [3.8, 4) is 0 Å². The maximum Gasteiger partial charge on any atom is 0.252 e. The van der Waals surface area contributed by atoms with Crippen molar-refractivity contribution >= 4 is 23.4 Å². The minimum atomic E-state index is -0.233. The Morgan fingerprint density at radius 3 is 2.62 bits per heavy atom. The van der Waals surface area contributed by atoms with E-state index in [2.05, 4.69) is 34.5 Å². The van der Waals surface area contributed by atoms with Gasteiger partial charge in [0.2, 0.25) is 5.91 Å². The van der Waals surface area contributed by atoms with Crippen LogP contribution in [0.4, 0.5) is 0 Å². The van der Waals surface area contributed by atoms with Crippen LogP contribution in [0.2, 0.25) is 5.02 Å². The molecule has 7 heteroatoms. The number of carbonyl (C=O) groups is 2. The first-order valence-corrected chi connectivity index (χ1v) is 8.53. The van der Waals surface area contributed by atoms with Crippen molar-refractivity contribution in [2.24, 2.45) is 0 Å². The second-order valence-corrected chi connectivity index (χ2v) is 6.63. The number of halogens is 1. The van der Waals surface area contributed by atoms with Gasteiger partial charge in [0.25, 0.3) is 5.91 Å². The van der Waals surface area contributed by atoms with Crippen molar-refractivity contribution < 1.29 is 9.59 Å². The summed E-state index contributed by atoms with van der Waals surface area (Å²) in [7, 11) is 4.13. The molecule has 0 spiro atoms. The zero-order valence-corrected chi connectivity index (χ0v) is 15.0. The first kappa shape index (κ1) is 18.7. The predicted molar refractivity (Wildman–Crippen MR) is 95.3 cm³/mol. The summed E-state index contributed by atoms with van der Waals surface area (Å²) in [5.74, 6) is -0.246. The molecule has 2 amide bonds. The molecule has 1 heterocycles. The van der Waals surface area contributed by atoms with Gasteiger partial charge in [0.1, 0.15) is 0 Å². The summed E-state index contributed by atoms with van der Waals surface area (Å²) in [5, 5.41) is 6.01. The van der Waals surface area contributed by atoms with Gasteiger partial charge in [-0.25, -0.2) is 0 Å². The standard InChI is InChI=1S/C17H25ClN4O2/c1-21(2)13-7-10-22(11-13)12-16(23)19-8-9-20-17(24)14-5-3-4-6-15(14)18/h3-6,13H,7-12H2,1-2H3,(H,19,23)(H,20,24)/t13-/m1/s1. The summed E-state index contributed by atoms with van der Waals surface area (Å²) >= 11 is 5.97. The minimum Gasteiger partial charge on any atom is -0.353 e. The second-order valence-electron chi connectivity index (χ2n) is 6.23. The highest BCUT2D eigenvalue weighted by atomic mass is 35.5. The third-order valence-electron chi connectivity index (χ3n) is 4.20. The fourth-order valence-electron chi connectivity index (χ4n) is 2.75. The van der Waals surface area contributed by atoms with Crippen molar-refractivity contribution in [2.45, 2.75) is 12.5 Å². The first-order valence-electron chi connectivity index (χ1n) is 8.15. The molecule has 0 radical (unpaired) electrons. The van der Waals surface area contributed by atoms with Crippen molar-refractivity contribution in [3.63, 3.8) is 0 Å². The van der Waals surface area contributed by atoms with Gasteiger partial charge in [-0.1, -0.05) is 23.7 Å². The summed E-state index contributed by atoms with van der Waals surface area (Å²) in [5.41, 5.74) is 0.442. The molecule has 0 unspecified atom stereocenters. The van der Waals surface area contributed by atoms with Crippen molar-refractivity contribution in [3.05, 3.63) is 34.9 Å². The Hall–Kier alpha value is -1.63. The topological polar surface area (TPSA) is 64.7 Å². The Morgan fingerprint density at radius 2 is 1.96 bits per heavy atom. The molecule has 0 bridgehead atoms. The Labute approximate surface area is 148 Å². The fraction of sp³-hybridized carbons (Fsp3) is 0.529. The first-order chi connectivity index (χ1) is 11.5. The number of nitrogens with one attached hydrogen (secondary N) is 2. The van der Waals surface area contributed by atoms with Gasteiger partial charge in [0.05, 0.1) is 17.1 Å². The number of carbonyl (C=O) groups excluding carboxylic acids is 2. The van der Waals surface area contributed by atoms with Crippen molar-refractivity contribution in [2.75, 3.05) is 46.8 Å². The van der Waals surface area contributed by atoms with E-state index in [1.807, 2.05) is 0 Å². The minimum absolute atomic E-state index is 0.0126. The van der Waals surface area contributed by atoms with Crippen LogP contribution in [0.15, 0.2) is 24.3 Å². The van der Waals surface area contributed by atoms with Gasteiger partial charge in [-0.3, -0.25) is 14.5 Å². The molecule has 1 aromatic carbocycles. The van der Waals surface area contributed by atoms with Gasteiger partial charge >= 0.3 is 0 Å². The SMILES string of the molecule is CN(C)[C@@H]1CCN(CC(=O)NCCNC(=O)c2ccccc2Cl)C1. The second kappa shape index (κ2) is 9.01. The summed E-state index contributed by atoms with van der Waals surface area (Å²) in [6, 6.07) is 7.41. The molecule has 1 aliphatic rings. The van der Waals surface area contributed by atoms with E-state index in [1.54, 1.807) is 24.3 Å². The molecule has 24 heavy (non-hydrogen) atoms. The Balaban J connectivity index is 1.63. The summed E-state index contributed by atoms with van der Waals surface area (Å²) < 4.78 is 0. The zero-order valence-electron chi connectivity index (χ0n) is 14.2. The number of nitrogens with zero attached hydrogens (tertiary/aromatic N) is 2. The lowest BCUT2D eigenvalue weighted by molar-refractivity contribution is -0.122. The van der Waals surface area contributed by atoms with Gasteiger partial charge in [-0.05, 0) is 32.6 Å². The normalized spacial score (nSPS) is 17.9. The average Bonchev–Trinajstić information content (AvgIpc) is 3.00. The maximum atomic E-state index is 12.0. The maximum absolute atomic E-state index is 12.0. The van der Waals surface area contributed by atoms with Crippen LogP contribution in [0.5, 0.6) is 0 Å². The van der Waals surface area contributed by atoms with Gasteiger partial charge in [-0.2, -0.15) is 0 Å². The molecule has 1 aromatic rings. The Bertz CT molecular complexity index is 579. The number of rotatable bonds is 7. The monoisotopic (exact) mass is 352 g/mol. The van der Waals surface area contributed by atoms with E-state index in [0.717, 1.165) is 19.5 Å². The van der Waals surface area contributed by atoms with E-state index in [9.17, 15) is 9.59 Å². The fourth-order valence-corrected chi connectivity index (χ4v) is 2.98. The average molecular weight is 353 g/mol. The molecule has 132 valence electrons. The van der Waals surface area contributed by atoms with Crippen LogP contribution in [0, 0.1) is 0 Å². The third-order valence-corrected chi connectivity index (χ3v) is 4.53. The summed E-state index contributed by atoms with van der Waals surface area (Å²) in [6.45, 7) is 3.04. The number of hydrogen-bond acceptors (Lipinski definition) is 4. The molecule has 2 N–H and O–H groups in total. The zero-order chi connectivity index (χ0) is 17.5. The van der Waals surface area contributed by atoms with E-state index < -0.39 is 0 Å². The molecule has 0 aliphatic carbocycles. The van der Waals surface area contributed by atoms with Crippen LogP contribution in [-0.4, -0.2) is 74.5 Å². The van der Waals surface area contributed by atoms with Crippen molar-refractivity contribution in [1.82, 2.24) is 20.4 Å². The van der Waals surface area contributed by atoms with Crippen molar-refractivity contribution in [1.29, 1.82) is 0 Å². The van der Waals surface area contributed by atoms with E-state index >= 15 is 0 Å². The molecular formula is C17H25ClN4O2. The van der Waals surface area contributed by atoms with E-state index in [0.29, 0.717) is 36.3 Å². The highest BCUT2D eigenvalue weighted by molar-refractivity contribution is 6.33. The molecule has 2 rings (SSSR count). The quantitative estimate of drug-likeness (QED) is 0.713. The lowest BCUT2D eigenvalue weighted by Gasteiger charge is -2.20. The Kier molecular flexibility index (Phi) is 7.02. The molecule has 1 saturated heterocycles. The van der Waals surface area contributed by atoms with Gasteiger partial charge in [-0.15, -0.1) is 0 Å². The number of likely N-dealkylation sites (N-methyl/N-ethyl adjacent to an activating group) is 1. The predicted octanol–water partition coefficient (Wildman–Crippen LogP) is 0.822. The molecule has 0 saturated carbocycles. The lowest BCUT2D eigenvalue weighted by Crippen LogP contribution is -2.41. The van der Waals surface area contributed by atoms with Crippen LogP contribution in [0.25, 0.3) is 0 Å². The van der Waals surface area contributed by atoms with Gasteiger partial charge < -0.3 is 15.5 Å². The smallest absolute Gasteiger partial charge is 0.252 e. The van der Waals surface area contributed by atoms with Gasteiger partial charge in [0.15, 0.2) is 0 Å². The molecule has 1 aliphatic heterocycles. The van der Waals surface area contributed by atoms with Crippen LogP contribution in [-0.2, 0) is 4.79 Å². The number of likely N-dealkylation sites (tertiary alicyclic amines) is 1. The van der Waals surface area contributed by atoms with E-state index in [-0.39, 0.29) is 11.8 Å². The van der Waals surface area contributed by atoms with Crippen LogP contribution in [0.3, 0.4) is 0 Å². The van der Waals surface area contributed by atoms with E-state index in [1.165, 1.54) is 0 Å². The number of amides is 2. The van der Waals surface area contributed by atoms with Crippen LogP contribution >= 0.6 is 11.6 Å². The highest BCUT2D eigenvalue weighted by Gasteiger charge is 2.25.